The van der Waals surface area contributed by atoms with Crippen LogP contribution in [0.2, 0.25) is 5.02 Å². The van der Waals surface area contributed by atoms with Crippen LogP contribution < -0.4 is 4.74 Å². The van der Waals surface area contributed by atoms with Crippen molar-refractivity contribution in [2.75, 3.05) is 0 Å². The van der Waals surface area contributed by atoms with Gasteiger partial charge in [0.05, 0.1) is 12.5 Å². The number of aromatic nitrogens is 3. The number of benzene rings is 1. The summed E-state index contributed by atoms with van der Waals surface area (Å²) in [6.07, 6.45) is 3.10. The first-order valence-electron chi connectivity index (χ1n) is 7.92. The van der Waals surface area contributed by atoms with Crippen molar-refractivity contribution in [1.29, 1.82) is 0 Å². The monoisotopic (exact) mass is 400 g/mol. The fourth-order valence-electron chi connectivity index (χ4n) is 2.31. The fraction of sp³-hybridized carbons (Fsp3) is 0.0556. The summed E-state index contributed by atoms with van der Waals surface area (Å²) in [5.74, 6) is 2.94. The second-order valence-corrected chi connectivity index (χ2v) is 6.26. The maximum absolute atomic E-state index is 5.85. The van der Waals surface area contributed by atoms with E-state index in [1.54, 1.807) is 54.9 Å². The van der Waals surface area contributed by atoms with Crippen LogP contribution >= 0.6 is 23.8 Å². The number of hydrogen-bond acceptors (Lipinski definition) is 6. The van der Waals surface area contributed by atoms with Crippen molar-refractivity contribution in [3.63, 3.8) is 0 Å². The van der Waals surface area contributed by atoms with Crippen LogP contribution in [0.5, 0.6) is 5.75 Å². The third kappa shape index (κ3) is 4.02. The Bertz CT molecular complexity index is 1110. The molecule has 0 fully saturated rings. The number of H-pyrrole nitrogens is 1. The number of halogens is 1. The van der Waals surface area contributed by atoms with Gasteiger partial charge in [-0.3, -0.25) is 0 Å². The summed E-state index contributed by atoms with van der Waals surface area (Å²) in [4.78, 5) is 0. The molecule has 0 atom stereocenters. The van der Waals surface area contributed by atoms with Crippen LogP contribution in [0.25, 0.3) is 11.6 Å². The van der Waals surface area contributed by atoms with Crippen molar-refractivity contribution in [3.8, 4) is 17.3 Å². The van der Waals surface area contributed by atoms with Gasteiger partial charge in [0.25, 0.3) is 0 Å². The van der Waals surface area contributed by atoms with E-state index in [1.807, 2.05) is 6.07 Å². The van der Waals surface area contributed by atoms with Crippen LogP contribution in [-0.2, 0) is 6.61 Å². The molecule has 0 spiro atoms. The molecule has 0 bridgehead atoms. The average Bonchev–Trinajstić information content (AvgIpc) is 3.41. The molecule has 0 aliphatic carbocycles. The number of aromatic amines is 1. The number of nitrogens with zero attached hydrogens (tertiary/aromatic N) is 3. The predicted molar refractivity (Wildman–Crippen MR) is 103 cm³/mol. The van der Waals surface area contributed by atoms with E-state index in [0.29, 0.717) is 38.6 Å². The summed E-state index contributed by atoms with van der Waals surface area (Å²) < 4.78 is 18.5. The Kier molecular flexibility index (Phi) is 4.91. The van der Waals surface area contributed by atoms with Crippen LogP contribution in [0.4, 0.5) is 0 Å². The van der Waals surface area contributed by atoms with Crippen molar-refractivity contribution in [2.24, 2.45) is 5.10 Å². The number of furan rings is 2. The van der Waals surface area contributed by atoms with Crippen LogP contribution in [0.15, 0.2) is 68.7 Å². The molecule has 3 heterocycles. The van der Waals surface area contributed by atoms with Gasteiger partial charge in [0.2, 0.25) is 10.6 Å². The molecular formula is C18H13ClN4O3S. The lowest BCUT2D eigenvalue weighted by Gasteiger charge is -2.03. The molecule has 1 N–H and O–H groups in total. The van der Waals surface area contributed by atoms with Gasteiger partial charge in [-0.2, -0.15) is 9.78 Å². The van der Waals surface area contributed by atoms with Crippen molar-refractivity contribution in [3.05, 3.63) is 76.1 Å². The molecule has 4 rings (SSSR count). The minimum Gasteiger partial charge on any atom is -0.486 e. The molecule has 0 saturated carbocycles. The van der Waals surface area contributed by atoms with Gasteiger partial charge in [0, 0.05) is 5.02 Å². The van der Waals surface area contributed by atoms with Gasteiger partial charge in [-0.1, -0.05) is 11.6 Å². The van der Waals surface area contributed by atoms with Crippen LogP contribution in [-0.4, -0.2) is 21.1 Å². The lowest BCUT2D eigenvalue weighted by Crippen LogP contribution is -1.94. The highest BCUT2D eigenvalue weighted by atomic mass is 35.5. The molecule has 1 aromatic carbocycles. The third-order valence-electron chi connectivity index (χ3n) is 3.57. The van der Waals surface area contributed by atoms with Gasteiger partial charge in [0.15, 0.2) is 5.76 Å². The number of nitrogens with one attached hydrogen (secondary N) is 1. The quantitative estimate of drug-likeness (QED) is 0.367. The van der Waals surface area contributed by atoms with Gasteiger partial charge in [0.1, 0.15) is 23.9 Å². The zero-order chi connectivity index (χ0) is 18.6. The molecule has 0 aliphatic rings. The lowest BCUT2D eigenvalue weighted by molar-refractivity contribution is 0.270. The highest BCUT2D eigenvalue weighted by molar-refractivity contribution is 7.71. The van der Waals surface area contributed by atoms with Gasteiger partial charge in [-0.15, -0.1) is 5.10 Å². The highest BCUT2D eigenvalue weighted by Gasteiger charge is 2.10. The molecule has 9 heteroatoms. The Morgan fingerprint density at radius 1 is 1.22 bits per heavy atom. The normalized spacial score (nSPS) is 11.3. The Morgan fingerprint density at radius 3 is 2.85 bits per heavy atom. The first-order valence-corrected chi connectivity index (χ1v) is 8.70. The van der Waals surface area contributed by atoms with Gasteiger partial charge in [-0.25, -0.2) is 5.10 Å². The summed E-state index contributed by atoms with van der Waals surface area (Å²) in [7, 11) is 0. The standard InChI is InChI=1S/C18H13ClN4O3S/c19-12-3-5-13(6-4-12)25-11-15-8-7-14(26-15)10-20-23-17(21-22-18(23)27)16-2-1-9-24-16/h1-10H,11H2,(H,22,27). The summed E-state index contributed by atoms with van der Waals surface area (Å²) >= 11 is 11.1. The van der Waals surface area contributed by atoms with Crippen molar-refractivity contribution in [1.82, 2.24) is 14.9 Å². The molecule has 0 radical (unpaired) electrons. The second-order valence-electron chi connectivity index (χ2n) is 5.43. The molecule has 0 saturated heterocycles. The predicted octanol–water partition coefficient (Wildman–Crippen LogP) is 4.91. The zero-order valence-electron chi connectivity index (χ0n) is 13.8. The van der Waals surface area contributed by atoms with Crippen molar-refractivity contribution < 1.29 is 13.6 Å². The Labute approximate surface area is 163 Å². The average molecular weight is 401 g/mol. The minimum atomic E-state index is 0.290. The van der Waals surface area contributed by atoms with E-state index in [2.05, 4.69) is 15.3 Å². The van der Waals surface area contributed by atoms with Gasteiger partial charge >= 0.3 is 0 Å². The number of hydrogen-bond donors (Lipinski definition) is 1. The molecular weight excluding hydrogens is 388 g/mol. The summed E-state index contributed by atoms with van der Waals surface area (Å²) in [6, 6.07) is 14.3. The van der Waals surface area contributed by atoms with E-state index in [-0.39, 0.29) is 6.61 Å². The molecule has 136 valence electrons. The van der Waals surface area contributed by atoms with Crippen molar-refractivity contribution in [2.45, 2.75) is 6.61 Å². The zero-order valence-corrected chi connectivity index (χ0v) is 15.4. The Hall–Kier alpha value is -3.10. The Morgan fingerprint density at radius 2 is 2.07 bits per heavy atom. The number of rotatable bonds is 6. The molecule has 3 aromatic heterocycles. The summed E-state index contributed by atoms with van der Waals surface area (Å²) in [5.41, 5.74) is 0. The van der Waals surface area contributed by atoms with Gasteiger partial charge < -0.3 is 13.6 Å². The molecule has 0 aliphatic heterocycles. The van der Waals surface area contributed by atoms with E-state index in [4.69, 9.17) is 37.4 Å². The fourth-order valence-corrected chi connectivity index (χ4v) is 2.61. The van der Waals surface area contributed by atoms with E-state index in [0.717, 1.165) is 0 Å². The summed E-state index contributed by atoms with van der Waals surface area (Å²) in [6.45, 7) is 0.290. The van der Waals surface area contributed by atoms with Crippen LogP contribution in [0, 0.1) is 4.77 Å². The van der Waals surface area contributed by atoms with Crippen molar-refractivity contribution >= 4 is 30.0 Å². The molecule has 0 unspecified atom stereocenters. The second kappa shape index (κ2) is 7.65. The molecule has 0 amide bonds. The topological polar surface area (TPSA) is 81.5 Å². The first kappa shape index (κ1) is 17.3. The molecule has 4 aromatic rings. The largest absolute Gasteiger partial charge is 0.486 e. The minimum absolute atomic E-state index is 0.290. The van der Waals surface area contributed by atoms with Crippen LogP contribution in [0.1, 0.15) is 11.5 Å². The van der Waals surface area contributed by atoms with Crippen LogP contribution in [0.3, 0.4) is 0 Å². The molecule has 27 heavy (non-hydrogen) atoms. The third-order valence-corrected chi connectivity index (χ3v) is 4.09. The molecule has 7 nitrogen and oxygen atoms in total. The Balaban J connectivity index is 1.46. The maximum atomic E-state index is 5.85. The van der Waals surface area contributed by atoms with E-state index in [9.17, 15) is 0 Å². The smallest absolute Gasteiger partial charge is 0.219 e. The highest BCUT2D eigenvalue weighted by Crippen LogP contribution is 2.19. The SMILES string of the molecule is S=c1[nH]nc(-c2ccco2)n1N=Cc1ccc(COc2ccc(Cl)cc2)o1. The first-order chi connectivity index (χ1) is 13.2. The van der Waals surface area contributed by atoms with E-state index < -0.39 is 0 Å². The van der Waals surface area contributed by atoms with E-state index in [1.165, 1.54) is 4.68 Å². The number of ether oxygens (including phenoxy) is 1. The maximum Gasteiger partial charge on any atom is 0.219 e. The lowest BCUT2D eigenvalue weighted by atomic mass is 10.3. The summed E-state index contributed by atoms with van der Waals surface area (Å²) in [5, 5.41) is 11.8. The van der Waals surface area contributed by atoms with Gasteiger partial charge in [-0.05, 0) is 60.7 Å². The van der Waals surface area contributed by atoms with E-state index >= 15 is 0 Å².